The van der Waals surface area contributed by atoms with E-state index in [9.17, 15) is 82.1 Å². The molecule has 2 aromatic carbocycles. The molecule has 37 heteroatoms. The zero-order chi connectivity index (χ0) is 94.0. The number of carbonyl (C=O) groups excluding carboxylic acids is 11. The van der Waals surface area contributed by atoms with Crippen LogP contribution in [0.1, 0.15) is 252 Å². The molecule has 11 N–H and O–H groups in total. The highest BCUT2D eigenvalue weighted by molar-refractivity contribution is 5.90. The number of aliphatic carboxylic acids is 2. The van der Waals surface area contributed by atoms with Crippen LogP contribution in [-0.4, -0.2) is 276 Å². The molecule has 3 rings (SSSR count). The maximum atomic E-state index is 13.8. The molecule has 0 unspecified atom stereocenters. The van der Waals surface area contributed by atoms with Crippen molar-refractivity contribution in [2.75, 3.05) is 145 Å². The number of carbonyl (C=O) groups is 15. The number of hydrogen-bond acceptors (Lipinski definition) is 26. The summed E-state index contributed by atoms with van der Waals surface area (Å²) < 4.78 is 54.9. The smallest absolute Gasteiger partial charge is 0.335 e. The second-order valence-electron chi connectivity index (χ2n) is 31.5. The van der Waals surface area contributed by atoms with Crippen LogP contribution in [0, 0.1) is 11.8 Å². The molecule has 37 nitrogen and oxygen atoms in total. The lowest BCUT2D eigenvalue weighted by Gasteiger charge is -2.18. The van der Waals surface area contributed by atoms with E-state index in [1.54, 1.807) is 30.5 Å². The van der Waals surface area contributed by atoms with Gasteiger partial charge in [0.15, 0.2) is 5.78 Å². The number of nitrogens with zero attached hydrogens (tertiary/aromatic N) is 1. The number of aromatic nitrogens is 2. The molecule has 0 radical (unpaired) electrons. The molecule has 1 aromatic heterocycles. The van der Waals surface area contributed by atoms with Crippen LogP contribution in [0.4, 0.5) is 0 Å². The Kier molecular flexibility index (Phi) is 65.6. The number of imidazole rings is 1. The van der Waals surface area contributed by atoms with Gasteiger partial charge in [-0.25, -0.2) is 24.2 Å². The first kappa shape index (κ1) is 113. The molecule has 4 atom stereocenters. The molecule has 0 fully saturated rings. The van der Waals surface area contributed by atoms with Crippen molar-refractivity contribution in [3.8, 4) is 11.5 Å². The predicted molar refractivity (Wildman–Crippen MR) is 472 cm³/mol. The zero-order valence-electron chi connectivity index (χ0n) is 75.3. The van der Waals surface area contributed by atoms with Gasteiger partial charge in [-0.05, 0) is 145 Å². The van der Waals surface area contributed by atoms with E-state index in [1.165, 1.54) is 37.5 Å². The van der Waals surface area contributed by atoms with Crippen molar-refractivity contribution in [2.45, 2.75) is 244 Å². The third-order valence-electron chi connectivity index (χ3n) is 20.6. The number of carboxylic acid groups (broad SMARTS) is 4. The quantitative estimate of drug-likeness (QED) is 0.0235. The van der Waals surface area contributed by atoms with Crippen LogP contribution in [0.3, 0.4) is 0 Å². The van der Waals surface area contributed by atoms with Gasteiger partial charge in [0.2, 0.25) is 35.4 Å². The average Bonchev–Trinajstić information content (AvgIpc) is 1.23. The van der Waals surface area contributed by atoms with Crippen LogP contribution < -0.4 is 41.4 Å². The molecule has 0 aliphatic rings. The van der Waals surface area contributed by atoms with Crippen molar-refractivity contribution in [2.24, 2.45) is 11.8 Å². The van der Waals surface area contributed by atoms with Crippen LogP contribution in [0.25, 0.3) is 0 Å². The summed E-state index contributed by atoms with van der Waals surface area (Å²) in [6, 6.07) is 10.2. The molecule has 0 bridgehead atoms. The summed E-state index contributed by atoms with van der Waals surface area (Å²) in [6.07, 6.45) is 21.4. The number of rotatable bonds is 88. The molecule has 0 spiro atoms. The lowest BCUT2D eigenvalue weighted by Crippen LogP contribution is -2.41. The lowest BCUT2D eigenvalue weighted by atomic mass is 9.85. The van der Waals surface area contributed by atoms with E-state index >= 15 is 0 Å². The highest BCUT2D eigenvalue weighted by Gasteiger charge is 2.26. The average molecular weight is 1820 g/mol. The number of hydrogen-bond donors (Lipinski definition) is 11. The third-order valence-corrected chi connectivity index (χ3v) is 20.6. The van der Waals surface area contributed by atoms with Crippen molar-refractivity contribution in [3.05, 3.63) is 77.9 Å². The van der Waals surface area contributed by atoms with E-state index in [1.807, 2.05) is 0 Å². The van der Waals surface area contributed by atoms with Crippen molar-refractivity contribution < 1.29 is 140 Å². The molecule has 0 saturated carbocycles. The number of carboxylic acids is 4. The molecule has 3 aromatic rings. The third kappa shape index (κ3) is 62.8. The minimum Gasteiger partial charge on any atom is -0.494 e. The van der Waals surface area contributed by atoms with E-state index < -0.39 is 47.8 Å². The summed E-state index contributed by atoms with van der Waals surface area (Å²) in [6.45, 7) is 5.11. The maximum Gasteiger partial charge on any atom is 0.335 e. The molecule has 1 heterocycles. The fourth-order valence-corrected chi connectivity index (χ4v) is 13.2. The Labute approximate surface area is 756 Å². The van der Waals surface area contributed by atoms with Crippen LogP contribution in [0.15, 0.2) is 61.1 Å². The Morgan fingerprint density at radius 2 is 0.736 bits per heavy atom. The molecule has 724 valence electrons. The number of unbranched alkanes of at least 4 members (excludes halogenated alkanes) is 14. The zero-order valence-corrected chi connectivity index (χ0v) is 75.3. The summed E-state index contributed by atoms with van der Waals surface area (Å²) in [5.74, 6) is -6.76. The summed E-state index contributed by atoms with van der Waals surface area (Å²) in [5, 5.41) is 53.2. The van der Waals surface area contributed by atoms with Crippen LogP contribution >= 0.6 is 0 Å². The van der Waals surface area contributed by atoms with Gasteiger partial charge in [0.25, 0.3) is 0 Å². The summed E-state index contributed by atoms with van der Waals surface area (Å²) in [5.41, 5.74) is 1.21. The van der Waals surface area contributed by atoms with Gasteiger partial charge in [-0.2, -0.15) is 0 Å². The Balaban J connectivity index is 1.11. The van der Waals surface area contributed by atoms with Crippen LogP contribution in [-0.2, 0) is 107 Å². The largest absolute Gasteiger partial charge is 0.494 e. The fraction of sp³-hybridized carbons (Fsp3) is 0.674. The number of ether oxygens (including phenoxy) is 10. The summed E-state index contributed by atoms with van der Waals surface area (Å²) in [7, 11) is 0. The normalized spacial score (nSPS) is 12.1. The second-order valence-corrected chi connectivity index (χ2v) is 31.5. The van der Waals surface area contributed by atoms with Crippen molar-refractivity contribution >= 4 is 88.2 Å². The number of Topliss-reactive ketones (excluding diaryl/α,β-unsaturated/α-hetero) is 5. The topological polar surface area (TPSA) is 530 Å². The minimum atomic E-state index is -1.23. The second kappa shape index (κ2) is 74.7. The van der Waals surface area contributed by atoms with Gasteiger partial charge in [0.1, 0.15) is 73.1 Å². The van der Waals surface area contributed by atoms with E-state index in [4.69, 9.17) is 57.6 Å². The van der Waals surface area contributed by atoms with Gasteiger partial charge < -0.3 is 105 Å². The number of amides is 6. The van der Waals surface area contributed by atoms with Gasteiger partial charge >= 0.3 is 23.9 Å². The molecule has 6 amide bonds. The Bertz CT molecular complexity index is 3680. The van der Waals surface area contributed by atoms with Crippen LogP contribution in [0.2, 0.25) is 0 Å². The van der Waals surface area contributed by atoms with E-state index in [-0.39, 0.29) is 265 Å². The minimum absolute atomic E-state index is 0.00655. The van der Waals surface area contributed by atoms with E-state index in [0.717, 1.165) is 82.7 Å². The van der Waals surface area contributed by atoms with E-state index in [2.05, 4.69) is 41.9 Å². The van der Waals surface area contributed by atoms with Crippen LogP contribution in [0.5, 0.6) is 11.5 Å². The standard InChI is InChI=1S/C92H142N8O29/c1-69(101)70(22-14-16-44-94-87(110)66-127-61-57-123-53-47-97-88(111)67-126-60-54-120-48-20-24-75(102)35-40-80(91(116)117)99-84(107)26-12-8-4-2-6-10-18-50-128-78-36-28-71(29-37-78)89(112)113)32-42-82(105)73(62-76(103)34-33-74-63-93-68-98-74)23-15-17-45-95-86(109)65-125-59-55-121-49-21-25-77(104)64-124-58-56-122-52-46-96-83(106)43-41-81(92(118)119)100-85(108)27-13-9-5-3-7-11-19-51-129-79-38-30-72(31-39-79)90(114)115/h28-31,36-39,63,68,70,73,80-81H,2-27,32-35,40-62,64-67H2,1H3,(H,93,98)(H,94,110)(H,95,109)(H,96,106)(H,97,111)(H,99,107)(H,100,108)(H,112,113)(H,114,115)(H,116,117)(H,118,119)/t70-,73-,80+,81+/m1/s1. The van der Waals surface area contributed by atoms with Crippen molar-refractivity contribution in [1.29, 1.82) is 0 Å². The lowest BCUT2D eigenvalue weighted by molar-refractivity contribution is -0.142. The maximum absolute atomic E-state index is 13.8. The number of nitrogens with one attached hydrogen (secondary N) is 7. The monoisotopic (exact) mass is 1820 g/mol. The van der Waals surface area contributed by atoms with Gasteiger partial charge in [-0.15, -0.1) is 0 Å². The first-order chi connectivity index (χ1) is 62.4. The molecular formula is C92H142N8O29. The Hall–Kier alpha value is -10.0. The first-order valence-corrected chi connectivity index (χ1v) is 45.6. The fourth-order valence-electron chi connectivity index (χ4n) is 13.2. The number of ketones is 5. The van der Waals surface area contributed by atoms with Gasteiger partial charge in [-0.3, -0.25) is 52.7 Å². The van der Waals surface area contributed by atoms with Gasteiger partial charge in [-0.1, -0.05) is 77.0 Å². The number of aromatic amines is 1. The predicted octanol–water partition coefficient (Wildman–Crippen LogP) is 8.60. The number of aryl methyl sites for hydroxylation is 1. The molecule has 0 saturated heterocycles. The van der Waals surface area contributed by atoms with Crippen molar-refractivity contribution in [1.82, 2.24) is 41.9 Å². The number of aromatic carboxylic acids is 2. The highest BCUT2D eigenvalue weighted by atomic mass is 16.5. The SMILES string of the molecule is CC(=O)[C@H](CCCCNC(=O)COCCOCCNC(=O)COCCOCCCC(=O)CC[C@H](NC(=O)CCCCCCCCCOc1ccc(C(=O)O)cc1)C(=O)O)CCC(=O)[C@H](CCCCNC(=O)COCCOCCCC(=O)COCCOCCNC(=O)CC[C@H](NC(=O)CCCCCCCCCOc1ccc(C(=O)O)cc1)C(=O)O)CC(=O)CCc1cnc[nH]1. The highest BCUT2D eigenvalue weighted by Crippen LogP contribution is 2.24. The molecule has 0 aliphatic carbocycles. The molecular weight excluding hydrogens is 1680 g/mol. The number of H-pyrrole nitrogens is 1. The van der Waals surface area contributed by atoms with Gasteiger partial charge in [0.05, 0.1) is 96.7 Å². The molecule has 129 heavy (non-hydrogen) atoms. The molecule has 0 aliphatic heterocycles. The van der Waals surface area contributed by atoms with E-state index in [0.29, 0.717) is 115 Å². The Morgan fingerprint density at radius 1 is 0.333 bits per heavy atom. The Morgan fingerprint density at radius 3 is 1.18 bits per heavy atom. The number of benzene rings is 2. The van der Waals surface area contributed by atoms with Crippen molar-refractivity contribution in [3.63, 3.8) is 0 Å². The van der Waals surface area contributed by atoms with Gasteiger partial charge in [0, 0.05) is 121 Å². The summed E-state index contributed by atoms with van der Waals surface area (Å²) in [4.78, 5) is 191. The first-order valence-electron chi connectivity index (χ1n) is 45.6. The summed E-state index contributed by atoms with van der Waals surface area (Å²) >= 11 is 0.